The number of hydrogen-bond acceptors (Lipinski definition) is 4. The van der Waals surface area contributed by atoms with Crippen LogP contribution in [0.15, 0.2) is 18.2 Å². The maximum absolute atomic E-state index is 9.87. The minimum absolute atomic E-state index is 0.219. The van der Waals surface area contributed by atoms with Gasteiger partial charge in [0.1, 0.15) is 5.75 Å². The first-order valence-electron chi connectivity index (χ1n) is 4.82. The van der Waals surface area contributed by atoms with Crippen molar-refractivity contribution in [1.29, 1.82) is 5.41 Å². The minimum atomic E-state index is -1.16. The molecule has 1 aromatic rings. The van der Waals surface area contributed by atoms with Crippen LogP contribution in [0.3, 0.4) is 0 Å². The van der Waals surface area contributed by atoms with E-state index in [0.29, 0.717) is 22.9 Å². The molecule has 0 amide bonds. The quantitative estimate of drug-likeness (QED) is 0.631. The van der Waals surface area contributed by atoms with E-state index in [1.165, 1.54) is 7.11 Å². The van der Waals surface area contributed by atoms with Crippen molar-refractivity contribution in [1.82, 2.24) is 0 Å². The van der Waals surface area contributed by atoms with Crippen molar-refractivity contribution in [2.45, 2.75) is 13.0 Å². The highest BCUT2D eigenvalue weighted by atomic mass is 35.5. The highest BCUT2D eigenvalue weighted by Gasteiger charge is 2.19. The average molecular weight is 244 g/mol. The van der Waals surface area contributed by atoms with Crippen LogP contribution in [0.4, 0.5) is 0 Å². The summed E-state index contributed by atoms with van der Waals surface area (Å²) in [7, 11) is 1.49. The Morgan fingerprint density at radius 3 is 2.81 bits per heavy atom. The summed E-state index contributed by atoms with van der Waals surface area (Å²) in [5, 5.41) is 17.8. The van der Waals surface area contributed by atoms with Crippen molar-refractivity contribution in [2.75, 3.05) is 13.7 Å². The summed E-state index contributed by atoms with van der Waals surface area (Å²) in [6.45, 7) is 2.08. The van der Waals surface area contributed by atoms with E-state index in [1.54, 1.807) is 25.1 Å². The summed E-state index contributed by atoms with van der Waals surface area (Å²) < 4.78 is 10.0. The molecular formula is C11H14ClNO3. The van der Waals surface area contributed by atoms with E-state index >= 15 is 0 Å². The van der Waals surface area contributed by atoms with Crippen molar-refractivity contribution in [3.8, 4) is 5.75 Å². The molecule has 2 N–H and O–H groups in total. The highest BCUT2D eigenvalue weighted by Crippen LogP contribution is 2.28. The van der Waals surface area contributed by atoms with Crippen molar-refractivity contribution in [3.63, 3.8) is 0 Å². The number of benzene rings is 1. The molecule has 88 valence electrons. The van der Waals surface area contributed by atoms with Crippen LogP contribution in [0.1, 0.15) is 18.6 Å². The Kier molecular flexibility index (Phi) is 4.58. The second-order valence-electron chi connectivity index (χ2n) is 3.09. The highest BCUT2D eigenvalue weighted by molar-refractivity contribution is 6.30. The Balaban J connectivity index is 3.01. The summed E-state index contributed by atoms with van der Waals surface area (Å²) in [4.78, 5) is 0. The second kappa shape index (κ2) is 5.72. The molecule has 4 nitrogen and oxygen atoms in total. The molecule has 0 aliphatic carbocycles. The maximum Gasteiger partial charge on any atom is 0.215 e. The normalized spacial score (nSPS) is 12.0. The van der Waals surface area contributed by atoms with Crippen molar-refractivity contribution >= 4 is 17.5 Å². The zero-order valence-corrected chi connectivity index (χ0v) is 9.91. The Labute approximate surface area is 99.3 Å². The van der Waals surface area contributed by atoms with Gasteiger partial charge in [0, 0.05) is 10.6 Å². The molecule has 0 fully saturated rings. The monoisotopic (exact) mass is 243 g/mol. The van der Waals surface area contributed by atoms with E-state index in [0.717, 1.165) is 0 Å². The fourth-order valence-corrected chi connectivity index (χ4v) is 1.48. The number of nitrogens with one attached hydrogen (secondary N) is 1. The van der Waals surface area contributed by atoms with E-state index < -0.39 is 6.10 Å². The van der Waals surface area contributed by atoms with E-state index in [1.807, 2.05) is 0 Å². The summed E-state index contributed by atoms with van der Waals surface area (Å²) in [6.07, 6.45) is -1.16. The molecule has 5 heteroatoms. The van der Waals surface area contributed by atoms with Gasteiger partial charge in [-0.2, -0.15) is 0 Å². The predicted octanol–water partition coefficient (Wildman–Crippen LogP) is 2.40. The molecule has 1 aromatic carbocycles. The van der Waals surface area contributed by atoms with Gasteiger partial charge in [-0.1, -0.05) is 11.6 Å². The molecule has 1 rings (SSSR count). The van der Waals surface area contributed by atoms with Gasteiger partial charge in [-0.25, -0.2) is 0 Å². The van der Waals surface area contributed by atoms with Crippen LogP contribution >= 0.6 is 11.6 Å². The van der Waals surface area contributed by atoms with E-state index in [-0.39, 0.29) is 5.90 Å². The SMILES string of the molecule is CCOC(=N)C(O)c1cc(Cl)ccc1OC. The number of ether oxygens (including phenoxy) is 2. The fraction of sp³-hybridized carbons (Fsp3) is 0.364. The molecule has 0 aromatic heterocycles. The lowest BCUT2D eigenvalue weighted by molar-refractivity contribution is 0.187. The summed E-state index contributed by atoms with van der Waals surface area (Å²) in [5.74, 6) is 0.254. The number of aliphatic hydroxyl groups is 1. The smallest absolute Gasteiger partial charge is 0.215 e. The number of methoxy groups -OCH3 is 1. The largest absolute Gasteiger partial charge is 0.496 e. The molecule has 0 radical (unpaired) electrons. The molecule has 0 heterocycles. The van der Waals surface area contributed by atoms with Crippen LogP contribution in [0.5, 0.6) is 5.75 Å². The van der Waals surface area contributed by atoms with Gasteiger partial charge in [0.2, 0.25) is 5.90 Å². The third-order valence-electron chi connectivity index (χ3n) is 2.03. The molecule has 0 aliphatic rings. The first-order chi connectivity index (χ1) is 7.60. The third kappa shape index (κ3) is 2.87. The molecule has 0 saturated heterocycles. The molecular weight excluding hydrogens is 230 g/mol. The Morgan fingerprint density at radius 2 is 2.25 bits per heavy atom. The number of rotatable bonds is 4. The Morgan fingerprint density at radius 1 is 1.56 bits per heavy atom. The van der Waals surface area contributed by atoms with Crippen LogP contribution in [0.2, 0.25) is 5.02 Å². The van der Waals surface area contributed by atoms with Crippen molar-refractivity contribution in [2.24, 2.45) is 0 Å². The molecule has 1 atom stereocenters. The van der Waals surface area contributed by atoms with Gasteiger partial charge in [0.05, 0.1) is 13.7 Å². The molecule has 0 aliphatic heterocycles. The summed E-state index contributed by atoms with van der Waals surface area (Å²) in [5.41, 5.74) is 0.424. The van der Waals surface area contributed by atoms with Gasteiger partial charge in [0.25, 0.3) is 0 Å². The topological polar surface area (TPSA) is 62.5 Å². The maximum atomic E-state index is 9.87. The van der Waals surface area contributed by atoms with Gasteiger partial charge >= 0.3 is 0 Å². The Bertz CT molecular complexity index is 381. The Hall–Kier alpha value is -1.26. The third-order valence-corrected chi connectivity index (χ3v) is 2.27. The minimum Gasteiger partial charge on any atom is -0.496 e. The van der Waals surface area contributed by atoms with Gasteiger partial charge in [-0.15, -0.1) is 0 Å². The summed E-state index contributed by atoms with van der Waals surface area (Å²) in [6, 6.07) is 4.85. The summed E-state index contributed by atoms with van der Waals surface area (Å²) >= 11 is 5.82. The molecule has 1 unspecified atom stereocenters. The van der Waals surface area contributed by atoms with Crippen LogP contribution in [0, 0.1) is 5.41 Å². The number of aliphatic hydroxyl groups excluding tert-OH is 1. The van der Waals surface area contributed by atoms with Crippen LogP contribution in [0.25, 0.3) is 0 Å². The predicted molar refractivity (Wildman–Crippen MR) is 62.3 cm³/mol. The van der Waals surface area contributed by atoms with E-state index in [9.17, 15) is 5.11 Å². The number of hydrogen-bond donors (Lipinski definition) is 2. The van der Waals surface area contributed by atoms with Crippen molar-refractivity contribution in [3.05, 3.63) is 28.8 Å². The zero-order valence-electron chi connectivity index (χ0n) is 9.16. The number of halogens is 1. The molecule has 0 saturated carbocycles. The first kappa shape index (κ1) is 12.8. The van der Waals surface area contributed by atoms with E-state index in [4.69, 9.17) is 26.5 Å². The fourth-order valence-electron chi connectivity index (χ4n) is 1.29. The standard InChI is InChI=1S/C11H14ClNO3/c1-3-16-11(13)10(14)8-6-7(12)4-5-9(8)15-2/h4-6,10,13-14H,3H2,1-2H3. The van der Waals surface area contributed by atoms with Gasteiger partial charge in [-0.05, 0) is 25.1 Å². The van der Waals surface area contributed by atoms with Gasteiger partial charge in [-0.3, -0.25) is 5.41 Å². The van der Waals surface area contributed by atoms with E-state index in [2.05, 4.69) is 0 Å². The van der Waals surface area contributed by atoms with Crippen LogP contribution in [-0.2, 0) is 4.74 Å². The van der Waals surface area contributed by atoms with Crippen molar-refractivity contribution < 1.29 is 14.6 Å². The van der Waals surface area contributed by atoms with Crippen LogP contribution < -0.4 is 4.74 Å². The van der Waals surface area contributed by atoms with Gasteiger partial charge in [0.15, 0.2) is 6.10 Å². The average Bonchev–Trinajstić information content (AvgIpc) is 2.28. The zero-order chi connectivity index (χ0) is 12.1. The molecule has 0 spiro atoms. The lowest BCUT2D eigenvalue weighted by Crippen LogP contribution is -2.15. The van der Waals surface area contributed by atoms with Gasteiger partial charge < -0.3 is 14.6 Å². The van der Waals surface area contributed by atoms with Crippen LogP contribution in [-0.4, -0.2) is 24.7 Å². The molecule has 0 bridgehead atoms. The first-order valence-corrected chi connectivity index (χ1v) is 5.20. The lowest BCUT2D eigenvalue weighted by atomic mass is 10.1. The molecule has 16 heavy (non-hydrogen) atoms. The lowest BCUT2D eigenvalue weighted by Gasteiger charge is -2.15. The second-order valence-corrected chi connectivity index (χ2v) is 3.52.